The maximum Gasteiger partial charge on any atom is 0.274 e. The number of benzene rings is 2. The Balaban J connectivity index is 1.83. The van der Waals surface area contributed by atoms with Gasteiger partial charge in [-0.3, -0.25) is 14.9 Å². The van der Waals surface area contributed by atoms with Crippen LogP contribution in [0.1, 0.15) is 38.2 Å². The van der Waals surface area contributed by atoms with Crippen molar-refractivity contribution >= 4 is 5.91 Å². The number of nitrogens with zero attached hydrogens (tertiary/aromatic N) is 1. The van der Waals surface area contributed by atoms with E-state index < -0.39 is 11.7 Å². The second-order valence-electron chi connectivity index (χ2n) is 6.37. The van der Waals surface area contributed by atoms with Gasteiger partial charge < -0.3 is 0 Å². The van der Waals surface area contributed by atoms with E-state index in [4.69, 9.17) is 5.21 Å². The highest BCUT2D eigenvalue weighted by Crippen LogP contribution is 2.26. The van der Waals surface area contributed by atoms with Gasteiger partial charge in [-0.2, -0.15) is 0 Å². The number of carbonyl (C=O) groups is 1. The van der Waals surface area contributed by atoms with Crippen LogP contribution in [0, 0.1) is 19.7 Å². The minimum absolute atomic E-state index is 0.150. The molecule has 1 heterocycles. The van der Waals surface area contributed by atoms with Crippen LogP contribution in [0.15, 0.2) is 30.3 Å². The van der Waals surface area contributed by atoms with Crippen LogP contribution in [0.25, 0.3) is 0 Å². The lowest BCUT2D eigenvalue weighted by Crippen LogP contribution is -2.32. The molecule has 2 N–H and O–H groups in total. The first-order chi connectivity index (χ1) is 11.5. The number of hydroxylamine groups is 1. The van der Waals surface area contributed by atoms with Gasteiger partial charge >= 0.3 is 0 Å². The molecule has 0 spiro atoms. The largest absolute Gasteiger partial charge is 0.294 e. The van der Waals surface area contributed by atoms with Crippen LogP contribution in [0.5, 0.6) is 0 Å². The van der Waals surface area contributed by atoms with E-state index in [0.717, 1.165) is 18.7 Å². The van der Waals surface area contributed by atoms with E-state index in [-0.39, 0.29) is 5.56 Å². The van der Waals surface area contributed by atoms with E-state index in [1.807, 2.05) is 6.07 Å². The summed E-state index contributed by atoms with van der Waals surface area (Å²) in [5.41, 5.74) is 6.97. The smallest absolute Gasteiger partial charge is 0.274 e. The molecule has 3 rings (SSSR count). The van der Waals surface area contributed by atoms with Gasteiger partial charge in [-0.25, -0.2) is 9.87 Å². The number of halogens is 1. The van der Waals surface area contributed by atoms with Crippen molar-refractivity contribution in [3.8, 4) is 0 Å². The van der Waals surface area contributed by atoms with E-state index in [1.165, 1.54) is 22.8 Å². The van der Waals surface area contributed by atoms with Crippen molar-refractivity contribution in [1.29, 1.82) is 0 Å². The van der Waals surface area contributed by atoms with E-state index >= 15 is 0 Å². The highest BCUT2D eigenvalue weighted by molar-refractivity contribution is 5.93. The Kier molecular flexibility index (Phi) is 4.64. The van der Waals surface area contributed by atoms with Crippen molar-refractivity contribution in [2.24, 2.45) is 0 Å². The fourth-order valence-electron chi connectivity index (χ4n) is 3.33. The molecule has 0 unspecified atom stereocenters. The maximum atomic E-state index is 14.4. The Morgan fingerprint density at radius 3 is 2.67 bits per heavy atom. The summed E-state index contributed by atoms with van der Waals surface area (Å²) >= 11 is 0. The zero-order valence-corrected chi connectivity index (χ0v) is 13.9. The third-order valence-electron chi connectivity index (χ3n) is 4.76. The Morgan fingerprint density at radius 2 is 2.00 bits per heavy atom. The molecule has 5 heteroatoms. The SMILES string of the molecule is Cc1cccc(C)c1CN1CCc2cc(C(=O)NO)cc(F)c2C1. The number of hydrogen-bond acceptors (Lipinski definition) is 3. The van der Waals surface area contributed by atoms with Crippen molar-refractivity contribution in [3.05, 3.63) is 69.5 Å². The second kappa shape index (κ2) is 6.71. The molecule has 126 valence electrons. The van der Waals surface area contributed by atoms with Gasteiger partial charge in [0.05, 0.1) is 0 Å². The molecule has 0 saturated carbocycles. The monoisotopic (exact) mass is 328 g/mol. The van der Waals surface area contributed by atoms with Crippen LogP contribution >= 0.6 is 0 Å². The molecule has 1 amide bonds. The van der Waals surface area contributed by atoms with Crippen LogP contribution < -0.4 is 5.48 Å². The van der Waals surface area contributed by atoms with Crippen LogP contribution in [0.3, 0.4) is 0 Å². The average Bonchev–Trinajstić information content (AvgIpc) is 2.57. The van der Waals surface area contributed by atoms with Crippen LogP contribution in [0.4, 0.5) is 4.39 Å². The van der Waals surface area contributed by atoms with Crippen molar-refractivity contribution < 1.29 is 14.4 Å². The van der Waals surface area contributed by atoms with Gasteiger partial charge in [0.25, 0.3) is 5.91 Å². The lowest BCUT2D eigenvalue weighted by Gasteiger charge is -2.30. The van der Waals surface area contributed by atoms with E-state index in [2.05, 4.69) is 30.9 Å². The van der Waals surface area contributed by atoms with Crippen molar-refractivity contribution in [3.63, 3.8) is 0 Å². The molecular weight excluding hydrogens is 307 g/mol. The van der Waals surface area contributed by atoms with Gasteiger partial charge in [0.1, 0.15) is 5.82 Å². The Bertz CT molecular complexity index is 769. The summed E-state index contributed by atoms with van der Waals surface area (Å²) in [6.45, 7) is 6.32. The molecule has 1 aliphatic heterocycles. The normalized spacial score (nSPS) is 14.3. The standard InChI is InChI=1S/C19H21FN2O2/c1-12-4-3-5-13(2)16(12)10-22-7-6-14-8-15(19(23)21-24)9-18(20)17(14)11-22/h3-5,8-9,24H,6-7,10-11H2,1-2H3,(H,21,23). The lowest BCUT2D eigenvalue weighted by molar-refractivity contribution is 0.0705. The zero-order valence-electron chi connectivity index (χ0n) is 13.9. The van der Waals surface area contributed by atoms with E-state index in [1.54, 1.807) is 11.5 Å². The van der Waals surface area contributed by atoms with Gasteiger partial charge in [0.2, 0.25) is 0 Å². The molecule has 0 radical (unpaired) electrons. The van der Waals surface area contributed by atoms with Crippen molar-refractivity contribution in [1.82, 2.24) is 10.4 Å². The summed E-state index contributed by atoms with van der Waals surface area (Å²) in [7, 11) is 0. The van der Waals surface area contributed by atoms with Crippen molar-refractivity contribution in [2.75, 3.05) is 6.54 Å². The summed E-state index contributed by atoms with van der Waals surface area (Å²) in [6.07, 6.45) is 0.684. The van der Waals surface area contributed by atoms with Crippen molar-refractivity contribution in [2.45, 2.75) is 33.4 Å². The number of amides is 1. The molecule has 0 atom stereocenters. The topological polar surface area (TPSA) is 52.6 Å². The predicted octanol–water partition coefficient (Wildman–Crippen LogP) is 3.12. The quantitative estimate of drug-likeness (QED) is 0.672. The zero-order chi connectivity index (χ0) is 17.3. The lowest BCUT2D eigenvalue weighted by atomic mass is 9.95. The summed E-state index contributed by atoms with van der Waals surface area (Å²) in [5, 5.41) is 8.71. The average molecular weight is 328 g/mol. The minimum atomic E-state index is -0.685. The molecule has 0 fully saturated rings. The minimum Gasteiger partial charge on any atom is -0.294 e. The summed E-state index contributed by atoms with van der Waals surface area (Å²) in [4.78, 5) is 13.7. The highest BCUT2D eigenvalue weighted by atomic mass is 19.1. The van der Waals surface area contributed by atoms with Gasteiger partial charge in [0.15, 0.2) is 0 Å². The first kappa shape index (κ1) is 16.6. The van der Waals surface area contributed by atoms with Crippen LogP contribution in [-0.4, -0.2) is 22.6 Å². The maximum absolute atomic E-state index is 14.4. The van der Waals surface area contributed by atoms with Gasteiger partial charge in [-0.15, -0.1) is 0 Å². The molecule has 0 saturated heterocycles. The Morgan fingerprint density at radius 1 is 1.29 bits per heavy atom. The highest BCUT2D eigenvalue weighted by Gasteiger charge is 2.22. The number of aryl methyl sites for hydroxylation is 2. The molecule has 0 bridgehead atoms. The van der Waals surface area contributed by atoms with E-state index in [9.17, 15) is 9.18 Å². The summed E-state index contributed by atoms with van der Waals surface area (Å²) in [5.74, 6) is -1.08. The molecule has 0 aliphatic carbocycles. The van der Waals surface area contributed by atoms with E-state index in [0.29, 0.717) is 18.5 Å². The summed E-state index contributed by atoms with van der Waals surface area (Å²) in [6, 6.07) is 9.10. The van der Waals surface area contributed by atoms with Crippen LogP contribution in [0.2, 0.25) is 0 Å². The molecule has 24 heavy (non-hydrogen) atoms. The third kappa shape index (κ3) is 3.18. The van der Waals surface area contributed by atoms with Crippen LogP contribution in [-0.2, 0) is 19.5 Å². The van der Waals surface area contributed by atoms with Gasteiger partial charge in [-0.05, 0) is 54.7 Å². The number of fused-ring (bicyclic) bond motifs is 1. The van der Waals surface area contributed by atoms with Gasteiger partial charge in [-0.1, -0.05) is 18.2 Å². The first-order valence-corrected chi connectivity index (χ1v) is 8.02. The molecule has 2 aromatic carbocycles. The molecule has 0 aromatic heterocycles. The fourth-order valence-corrected chi connectivity index (χ4v) is 3.33. The third-order valence-corrected chi connectivity index (χ3v) is 4.76. The summed E-state index contributed by atoms with van der Waals surface area (Å²) < 4.78 is 14.4. The number of nitrogens with one attached hydrogen (secondary N) is 1. The molecule has 2 aromatic rings. The number of hydrogen-bond donors (Lipinski definition) is 2. The molecule has 4 nitrogen and oxygen atoms in total. The second-order valence-corrected chi connectivity index (χ2v) is 6.37. The molecular formula is C19H21FN2O2. The fraction of sp³-hybridized carbons (Fsp3) is 0.316. The number of carbonyl (C=O) groups excluding carboxylic acids is 1. The Labute approximate surface area is 140 Å². The number of rotatable bonds is 3. The molecule has 1 aliphatic rings. The first-order valence-electron chi connectivity index (χ1n) is 8.02. The Hall–Kier alpha value is -2.24. The predicted molar refractivity (Wildman–Crippen MR) is 89.4 cm³/mol. The van der Waals surface area contributed by atoms with Gasteiger partial charge in [0, 0.05) is 30.8 Å².